The Kier molecular flexibility index (Phi) is 3.70. The van der Waals surface area contributed by atoms with Crippen LogP contribution in [0.15, 0.2) is 48.5 Å². The molecule has 0 spiro atoms. The number of anilines is 1. The summed E-state index contributed by atoms with van der Waals surface area (Å²) in [6.07, 6.45) is 0. The topological polar surface area (TPSA) is 12.0 Å². The van der Waals surface area contributed by atoms with Crippen molar-refractivity contribution in [2.45, 2.75) is 19.9 Å². The lowest BCUT2D eigenvalue weighted by Gasteiger charge is -2.16. The van der Waals surface area contributed by atoms with Crippen LogP contribution in [0.4, 0.5) is 5.69 Å². The van der Waals surface area contributed by atoms with E-state index in [-0.39, 0.29) is 6.04 Å². The van der Waals surface area contributed by atoms with Gasteiger partial charge in [0.25, 0.3) is 0 Å². The van der Waals surface area contributed by atoms with Crippen LogP contribution in [-0.4, -0.2) is 0 Å². The van der Waals surface area contributed by atoms with E-state index in [1.165, 1.54) is 11.1 Å². The second-order valence-electron chi connectivity index (χ2n) is 4.29. The van der Waals surface area contributed by atoms with Crippen molar-refractivity contribution in [3.63, 3.8) is 0 Å². The average molecular weight is 246 g/mol. The van der Waals surface area contributed by atoms with Crippen molar-refractivity contribution in [3.8, 4) is 0 Å². The first-order valence-corrected chi connectivity index (χ1v) is 6.11. The number of hydrogen-bond donors (Lipinski definition) is 1. The van der Waals surface area contributed by atoms with E-state index < -0.39 is 0 Å². The lowest BCUT2D eigenvalue weighted by Crippen LogP contribution is -2.06. The number of hydrogen-bond acceptors (Lipinski definition) is 1. The summed E-state index contributed by atoms with van der Waals surface area (Å²) < 4.78 is 0. The molecular formula is C15H16ClN. The monoisotopic (exact) mass is 245 g/mol. The van der Waals surface area contributed by atoms with Crippen LogP contribution in [0.25, 0.3) is 0 Å². The predicted octanol–water partition coefficient (Wildman–Crippen LogP) is 4.82. The van der Waals surface area contributed by atoms with E-state index in [1.807, 2.05) is 18.2 Å². The molecule has 1 unspecified atom stereocenters. The van der Waals surface area contributed by atoms with Gasteiger partial charge in [-0.15, -0.1) is 0 Å². The van der Waals surface area contributed by atoms with Gasteiger partial charge < -0.3 is 5.32 Å². The third kappa shape index (κ3) is 3.24. The van der Waals surface area contributed by atoms with Crippen LogP contribution >= 0.6 is 11.6 Å². The largest absolute Gasteiger partial charge is 0.379 e. The highest BCUT2D eigenvalue weighted by molar-refractivity contribution is 6.30. The summed E-state index contributed by atoms with van der Waals surface area (Å²) in [5.74, 6) is 0. The van der Waals surface area contributed by atoms with E-state index in [1.54, 1.807) is 0 Å². The number of nitrogens with one attached hydrogen (secondary N) is 1. The normalized spacial score (nSPS) is 12.2. The fraction of sp³-hybridized carbons (Fsp3) is 0.200. The van der Waals surface area contributed by atoms with Gasteiger partial charge >= 0.3 is 0 Å². The van der Waals surface area contributed by atoms with Crippen molar-refractivity contribution < 1.29 is 0 Å². The molecule has 1 atom stereocenters. The summed E-state index contributed by atoms with van der Waals surface area (Å²) in [4.78, 5) is 0. The van der Waals surface area contributed by atoms with Crippen molar-refractivity contribution in [3.05, 3.63) is 64.7 Å². The van der Waals surface area contributed by atoms with Gasteiger partial charge in [-0.2, -0.15) is 0 Å². The van der Waals surface area contributed by atoms with Crippen LogP contribution in [0.1, 0.15) is 24.1 Å². The van der Waals surface area contributed by atoms with Gasteiger partial charge in [0, 0.05) is 16.8 Å². The molecule has 1 N–H and O–H groups in total. The minimum absolute atomic E-state index is 0.246. The van der Waals surface area contributed by atoms with Gasteiger partial charge in [-0.3, -0.25) is 0 Å². The number of aryl methyl sites for hydroxylation is 1. The first-order chi connectivity index (χ1) is 8.15. The smallest absolute Gasteiger partial charge is 0.0486 e. The zero-order valence-electron chi connectivity index (χ0n) is 10.1. The second kappa shape index (κ2) is 5.24. The fourth-order valence-electron chi connectivity index (χ4n) is 1.84. The van der Waals surface area contributed by atoms with E-state index in [0.717, 1.165) is 10.7 Å². The number of benzene rings is 2. The molecule has 1 nitrogen and oxygen atoms in total. The maximum atomic E-state index is 5.99. The van der Waals surface area contributed by atoms with Gasteiger partial charge in [-0.25, -0.2) is 0 Å². The molecular weight excluding hydrogens is 230 g/mol. The molecule has 0 aliphatic rings. The highest BCUT2D eigenvalue weighted by Gasteiger charge is 2.05. The summed E-state index contributed by atoms with van der Waals surface area (Å²) in [5, 5.41) is 4.25. The Hall–Kier alpha value is -1.47. The fourth-order valence-corrected chi connectivity index (χ4v) is 2.04. The Labute approximate surface area is 107 Å². The molecule has 0 saturated carbocycles. The average Bonchev–Trinajstić information content (AvgIpc) is 2.29. The molecule has 0 saturated heterocycles. The zero-order valence-corrected chi connectivity index (χ0v) is 10.8. The van der Waals surface area contributed by atoms with Crippen molar-refractivity contribution >= 4 is 17.3 Å². The summed E-state index contributed by atoms with van der Waals surface area (Å²) in [6.45, 7) is 4.23. The molecule has 2 rings (SSSR count). The Morgan fingerprint density at radius 3 is 2.53 bits per heavy atom. The first-order valence-electron chi connectivity index (χ1n) is 5.74. The Morgan fingerprint density at radius 1 is 1.06 bits per heavy atom. The number of halogens is 1. The van der Waals surface area contributed by atoms with Gasteiger partial charge in [0.1, 0.15) is 0 Å². The van der Waals surface area contributed by atoms with Crippen molar-refractivity contribution in [1.29, 1.82) is 0 Å². The van der Waals surface area contributed by atoms with Crippen molar-refractivity contribution in [2.75, 3.05) is 5.32 Å². The van der Waals surface area contributed by atoms with Crippen LogP contribution in [0, 0.1) is 6.92 Å². The maximum absolute atomic E-state index is 5.99. The Balaban J connectivity index is 2.14. The molecule has 0 amide bonds. The van der Waals surface area contributed by atoms with E-state index in [0.29, 0.717) is 0 Å². The molecule has 0 heterocycles. The summed E-state index contributed by atoms with van der Waals surface area (Å²) in [6, 6.07) is 16.6. The third-order valence-corrected chi connectivity index (χ3v) is 2.99. The van der Waals surface area contributed by atoms with Gasteiger partial charge in [0.2, 0.25) is 0 Å². The minimum atomic E-state index is 0.246. The van der Waals surface area contributed by atoms with Gasteiger partial charge in [0.05, 0.1) is 0 Å². The van der Waals surface area contributed by atoms with E-state index in [9.17, 15) is 0 Å². The molecule has 0 aliphatic heterocycles. The van der Waals surface area contributed by atoms with Gasteiger partial charge in [0.15, 0.2) is 0 Å². The molecule has 0 bridgehead atoms. The highest BCUT2D eigenvalue weighted by Crippen LogP contribution is 2.22. The predicted molar refractivity (Wildman–Crippen MR) is 74.7 cm³/mol. The quantitative estimate of drug-likeness (QED) is 0.817. The van der Waals surface area contributed by atoms with E-state index in [2.05, 4.69) is 49.5 Å². The second-order valence-corrected chi connectivity index (χ2v) is 4.73. The van der Waals surface area contributed by atoms with Crippen LogP contribution < -0.4 is 5.32 Å². The number of rotatable bonds is 3. The SMILES string of the molecule is Cc1cccc(NC(C)c2cccc(Cl)c2)c1. The molecule has 2 aromatic carbocycles. The Bertz CT molecular complexity index is 508. The van der Waals surface area contributed by atoms with Crippen molar-refractivity contribution in [1.82, 2.24) is 0 Å². The van der Waals surface area contributed by atoms with Gasteiger partial charge in [-0.1, -0.05) is 35.9 Å². The molecule has 0 aromatic heterocycles. The standard InChI is InChI=1S/C15H16ClN/c1-11-5-3-8-15(9-11)17-12(2)13-6-4-7-14(16)10-13/h3-10,12,17H,1-2H3. The lowest BCUT2D eigenvalue weighted by atomic mass is 10.1. The first kappa shape index (κ1) is 12.0. The molecule has 2 aromatic rings. The van der Waals surface area contributed by atoms with E-state index in [4.69, 9.17) is 11.6 Å². The van der Waals surface area contributed by atoms with Crippen LogP contribution in [0.3, 0.4) is 0 Å². The summed E-state index contributed by atoms with van der Waals surface area (Å²) >= 11 is 5.99. The maximum Gasteiger partial charge on any atom is 0.0486 e. The van der Waals surface area contributed by atoms with Crippen LogP contribution in [0.2, 0.25) is 5.02 Å². The van der Waals surface area contributed by atoms with Crippen LogP contribution in [0.5, 0.6) is 0 Å². The minimum Gasteiger partial charge on any atom is -0.379 e. The van der Waals surface area contributed by atoms with Gasteiger partial charge in [-0.05, 0) is 49.2 Å². The summed E-state index contributed by atoms with van der Waals surface area (Å²) in [5.41, 5.74) is 3.59. The molecule has 88 valence electrons. The third-order valence-electron chi connectivity index (χ3n) is 2.75. The Morgan fingerprint density at radius 2 is 1.82 bits per heavy atom. The van der Waals surface area contributed by atoms with E-state index >= 15 is 0 Å². The molecule has 2 heteroatoms. The van der Waals surface area contributed by atoms with Crippen molar-refractivity contribution in [2.24, 2.45) is 0 Å². The lowest BCUT2D eigenvalue weighted by molar-refractivity contribution is 0.884. The summed E-state index contributed by atoms with van der Waals surface area (Å²) in [7, 11) is 0. The molecule has 17 heavy (non-hydrogen) atoms. The molecule has 0 radical (unpaired) electrons. The molecule has 0 aliphatic carbocycles. The zero-order chi connectivity index (χ0) is 12.3. The molecule has 0 fully saturated rings. The van der Waals surface area contributed by atoms with Crippen LogP contribution in [-0.2, 0) is 0 Å². The highest BCUT2D eigenvalue weighted by atomic mass is 35.5.